The van der Waals surface area contributed by atoms with Crippen molar-refractivity contribution < 1.29 is 4.79 Å². The minimum absolute atomic E-state index is 0.140. The molecule has 0 saturated heterocycles. The Hall–Kier alpha value is -0.180. The van der Waals surface area contributed by atoms with E-state index in [-0.39, 0.29) is 11.8 Å². The van der Waals surface area contributed by atoms with Gasteiger partial charge in [-0.3, -0.25) is 4.79 Å². The molecular weight excluding hydrogens is 146 g/mol. The second-order valence-corrected chi connectivity index (χ2v) is 3.49. The number of carbonyl (C=O) groups excluding carboxylic acids is 1. The molecule has 1 amide bonds. The third-order valence-electron chi connectivity index (χ3n) is 1.27. The van der Waals surface area contributed by atoms with E-state index >= 15 is 0 Å². The summed E-state index contributed by atoms with van der Waals surface area (Å²) in [5, 5.41) is 2.62. The Kier molecular flexibility index (Phi) is 5.49. The molecule has 1 atom stereocenters. The standard InChI is InChI=1S/C7H15NOS/c1-4-10-5-6(2)7(9)8-3/h6H,4-5H2,1-3H3,(H,8,9). The molecule has 0 spiro atoms. The predicted molar refractivity (Wildman–Crippen MR) is 46.2 cm³/mol. The van der Waals surface area contributed by atoms with Crippen molar-refractivity contribution in [1.82, 2.24) is 5.32 Å². The maximum absolute atomic E-state index is 10.9. The van der Waals surface area contributed by atoms with Crippen molar-refractivity contribution in [3.8, 4) is 0 Å². The lowest BCUT2D eigenvalue weighted by Gasteiger charge is -2.07. The average molecular weight is 161 g/mol. The average Bonchev–Trinajstić information content (AvgIpc) is 1.98. The Morgan fingerprint density at radius 1 is 1.70 bits per heavy atom. The lowest BCUT2D eigenvalue weighted by Crippen LogP contribution is -2.26. The summed E-state index contributed by atoms with van der Waals surface area (Å²) in [6.07, 6.45) is 0. The highest BCUT2D eigenvalue weighted by atomic mass is 32.2. The quantitative estimate of drug-likeness (QED) is 0.669. The molecule has 0 aliphatic heterocycles. The Labute approximate surface area is 66.8 Å². The molecule has 0 aliphatic rings. The van der Waals surface area contributed by atoms with Crippen LogP contribution in [0.2, 0.25) is 0 Å². The fourth-order valence-corrected chi connectivity index (χ4v) is 1.36. The molecule has 0 radical (unpaired) electrons. The van der Waals surface area contributed by atoms with Crippen LogP contribution in [0.5, 0.6) is 0 Å². The van der Waals surface area contributed by atoms with Gasteiger partial charge in [-0.1, -0.05) is 13.8 Å². The van der Waals surface area contributed by atoms with Gasteiger partial charge in [-0.25, -0.2) is 0 Å². The molecule has 0 aliphatic carbocycles. The summed E-state index contributed by atoms with van der Waals surface area (Å²) in [4.78, 5) is 10.9. The van der Waals surface area contributed by atoms with Gasteiger partial charge in [-0.2, -0.15) is 11.8 Å². The van der Waals surface area contributed by atoms with Crippen molar-refractivity contribution in [3.05, 3.63) is 0 Å². The van der Waals surface area contributed by atoms with Gasteiger partial charge in [0.2, 0.25) is 5.91 Å². The van der Waals surface area contributed by atoms with Gasteiger partial charge in [0, 0.05) is 18.7 Å². The summed E-state index contributed by atoms with van der Waals surface area (Å²) in [5.74, 6) is 2.30. The minimum Gasteiger partial charge on any atom is -0.359 e. The van der Waals surface area contributed by atoms with Crippen molar-refractivity contribution in [3.63, 3.8) is 0 Å². The first-order valence-corrected chi connectivity index (χ1v) is 4.67. The van der Waals surface area contributed by atoms with Crippen molar-refractivity contribution in [2.24, 2.45) is 5.92 Å². The number of hydrogen-bond donors (Lipinski definition) is 1. The zero-order chi connectivity index (χ0) is 7.98. The zero-order valence-electron chi connectivity index (χ0n) is 6.81. The van der Waals surface area contributed by atoms with Crippen LogP contribution in [-0.4, -0.2) is 24.5 Å². The van der Waals surface area contributed by atoms with Gasteiger partial charge >= 0.3 is 0 Å². The molecule has 0 rings (SSSR count). The molecule has 2 nitrogen and oxygen atoms in total. The van der Waals surface area contributed by atoms with E-state index in [2.05, 4.69) is 12.2 Å². The maximum Gasteiger partial charge on any atom is 0.223 e. The van der Waals surface area contributed by atoms with Crippen LogP contribution in [0, 0.1) is 5.92 Å². The molecule has 0 saturated carbocycles. The van der Waals surface area contributed by atoms with Gasteiger partial charge in [0.25, 0.3) is 0 Å². The molecule has 3 heteroatoms. The van der Waals surface area contributed by atoms with E-state index in [4.69, 9.17) is 0 Å². The number of carbonyl (C=O) groups is 1. The van der Waals surface area contributed by atoms with Crippen LogP contribution in [0.3, 0.4) is 0 Å². The molecular formula is C7H15NOS. The number of thioether (sulfide) groups is 1. The summed E-state index contributed by atoms with van der Waals surface area (Å²) < 4.78 is 0. The molecule has 0 aromatic carbocycles. The predicted octanol–water partition coefficient (Wildman–Crippen LogP) is 1.12. The number of rotatable bonds is 4. The Bertz CT molecular complexity index is 106. The summed E-state index contributed by atoms with van der Waals surface area (Å²) in [6, 6.07) is 0. The first kappa shape index (κ1) is 9.82. The SMILES string of the molecule is CCSCC(C)C(=O)NC. The highest BCUT2D eigenvalue weighted by molar-refractivity contribution is 7.99. The van der Waals surface area contributed by atoms with E-state index in [1.807, 2.05) is 6.92 Å². The molecule has 0 fully saturated rings. The lowest BCUT2D eigenvalue weighted by molar-refractivity contribution is -0.123. The van der Waals surface area contributed by atoms with Crippen molar-refractivity contribution in [2.45, 2.75) is 13.8 Å². The molecule has 0 bridgehead atoms. The van der Waals surface area contributed by atoms with Crippen LogP contribution in [-0.2, 0) is 4.79 Å². The van der Waals surface area contributed by atoms with E-state index in [9.17, 15) is 4.79 Å². The molecule has 10 heavy (non-hydrogen) atoms. The lowest BCUT2D eigenvalue weighted by atomic mass is 10.2. The third kappa shape index (κ3) is 3.77. The Balaban J connectivity index is 3.41. The van der Waals surface area contributed by atoms with Gasteiger partial charge in [0.15, 0.2) is 0 Å². The second kappa shape index (κ2) is 5.59. The highest BCUT2D eigenvalue weighted by Crippen LogP contribution is 2.06. The number of hydrogen-bond acceptors (Lipinski definition) is 2. The number of nitrogens with one attached hydrogen (secondary N) is 1. The maximum atomic E-state index is 10.9. The molecule has 0 aromatic rings. The zero-order valence-corrected chi connectivity index (χ0v) is 7.62. The van der Waals surface area contributed by atoms with Gasteiger partial charge in [0.05, 0.1) is 0 Å². The summed E-state index contributed by atoms with van der Waals surface area (Å²) in [6.45, 7) is 4.04. The van der Waals surface area contributed by atoms with Crippen LogP contribution in [0.4, 0.5) is 0 Å². The Morgan fingerprint density at radius 2 is 2.30 bits per heavy atom. The minimum atomic E-state index is 0.140. The van der Waals surface area contributed by atoms with Crippen molar-refractivity contribution >= 4 is 17.7 Å². The van der Waals surface area contributed by atoms with Gasteiger partial charge < -0.3 is 5.32 Å². The van der Waals surface area contributed by atoms with Gasteiger partial charge in [-0.15, -0.1) is 0 Å². The second-order valence-electron chi connectivity index (χ2n) is 2.17. The van der Waals surface area contributed by atoms with Crippen LogP contribution >= 0.6 is 11.8 Å². The highest BCUT2D eigenvalue weighted by Gasteiger charge is 2.08. The molecule has 1 unspecified atom stereocenters. The first-order valence-electron chi connectivity index (χ1n) is 3.51. The van der Waals surface area contributed by atoms with Crippen LogP contribution in [0.1, 0.15) is 13.8 Å². The molecule has 0 aromatic heterocycles. The largest absolute Gasteiger partial charge is 0.359 e. The van der Waals surface area contributed by atoms with E-state index in [1.165, 1.54) is 0 Å². The fraction of sp³-hybridized carbons (Fsp3) is 0.857. The summed E-state index contributed by atoms with van der Waals surface area (Å²) >= 11 is 1.80. The number of amides is 1. The first-order chi connectivity index (χ1) is 4.72. The van der Waals surface area contributed by atoms with E-state index in [0.717, 1.165) is 11.5 Å². The smallest absolute Gasteiger partial charge is 0.223 e. The molecule has 0 heterocycles. The van der Waals surface area contributed by atoms with E-state index in [0.29, 0.717) is 0 Å². The fourth-order valence-electron chi connectivity index (χ4n) is 0.617. The molecule has 1 N–H and O–H groups in total. The van der Waals surface area contributed by atoms with Crippen LogP contribution < -0.4 is 5.32 Å². The van der Waals surface area contributed by atoms with Crippen LogP contribution in [0.15, 0.2) is 0 Å². The third-order valence-corrected chi connectivity index (χ3v) is 2.41. The van der Waals surface area contributed by atoms with Gasteiger partial charge in [-0.05, 0) is 5.75 Å². The molecule has 60 valence electrons. The summed E-state index contributed by atoms with van der Waals surface area (Å²) in [5.41, 5.74) is 0. The van der Waals surface area contributed by atoms with E-state index < -0.39 is 0 Å². The normalized spacial score (nSPS) is 12.7. The summed E-state index contributed by atoms with van der Waals surface area (Å²) in [7, 11) is 1.68. The monoisotopic (exact) mass is 161 g/mol. The Morgan fingerprint density at radius 3 is 2.70 bits per heavy atom. The van der Waals surface area contributed by atoms with Gasteiger partial charge in [0.1, 0.15) is 0 Å². The van der Waals surface area contributed by atoms with E-state index in [1.54, 1.807) is 18.8 Å². The topological polar surface area (TPSA) is 29.1 Å². The van der Waals surface area contributed by atoms with Crippen molar-refractivity contribution in [2.75, 3.05) is 18.6 Å². The van der Waals surface area contributed by atoms with Crippen molar-refractivity contribution in [1.29, 1.82) is 0 Å². The van der Waals surface area contributed by atoms with Crippen LogP contribution in [0.25, 0.3) is 0 Å².